The molecular formula is C26H36F4N4O4. The molecule has 0 aliphatic carbocycles. The summed E-state index contributed by atoms with van der Waals surface area (Å²) in [7, 11) is 0. The van der Waals surface area contributed by atoms with E-state index in [0.29, 0.717) is 34.5 Å². The quantitative estimate of drug-likeness (QED) is 0.505. The van der Waals surface area contributed by atoms with Crippen molar-refractivity contribution in [2.24, 2.45) is 5.41 Å². The third-order valence-corrected chi connectivity index (χ3v) is 6.41. The summed E-state index contributed by atoms with van der Waals surface area (Å²) >= 11 is 0. The second kappa shape index (κ2) is 13.4. The summed E-state index contributed by atoms with van der Waals surface area (Å²) in [4.78, 5) is 14.1. The highest BCUT2D eigenvalue weighted by atomic mass is 19.3. The minimum Gasteiger partial charge on any atom is -0.489 e. The minimum absolute atomic E-state index is 0.0165. The van der Waals surface area contributed by atoms with Crippen molar-refractivity contribution in [2.75, 3.05) is 44.8 Å². The Morgan fingerprint density at radius 3 is 2.50 bits per heavy atom. The largest absolute Gasteiger partial charge is 0.489 e. The first-order valence-electron chi connectivity index (χ1n) is 12.8. The molecular weight excluding hydrogens is 508 g/mol. The van der Waals surface area contributed by atoms with Gasteiger partial charge >= 0.3 is 6.55 Å². The van der Waals surface area contributed by atoms with Gasteiger partial charge in [0.15, 0.2) is 11.6 Å². The predicted octanol–water partition coefficient (Wildman–Crippen LogP) is 4.79. The van der Waals surface area contributed by atoms with Gasteiger partial charge in [-0.1, -0.05) is 19.9 Å². The van der Waals surface area contributed by atoms with Crippen LogP contribution in [0.4, 0.5) is 23.2 Å². The number of anilines is 1. The summed E-state index contributed by atoms with van der Waals surface area (Å²) in [5.41, 5.74) is 1.03. The Bertz CT molecular complexity index is 1060. The van der Waals surface area contributed by atoms with Crippen LogP contribution in [0.2, 0.25) is 0 Å². The van der Waals surface area contributed by atoms with E-state index in [1.165, 1.54) is 12.1 Å². The zero-order chi connectivity index (χ0) is 27.9. The van der Waals surface area contributed by atoms with E-state index in [0.717, 1.165) is 51.5 Å². The lowest BCUT2D eigenvalue weighted by molar-refractivity contribution is -0.189. The van der Waals surface area contributed by atoms with E-state index < -0.39 is 24.3 Å². The van der Waals surface area contributed by atoms with Gasteiger partial charge in [-0.15, -0.1) is 0 Å². The average molecular weight is 545 g/mol. The molecule has 2 unspecified atom stereocenters. The number of carbonyl (C=O) groups excluding carboxylic acids is 1. The van der Waals surface area contributed by atoms with E-state index in [2.05, 4.69) is 15.3 Å². The summed E-state index contributed by atoms with van der Waals surface area (Å²) in [5, 5.41) is 6.18. The van der Waals surface area contributed by atoms with E-state index in [9.17, 15) is 22.4 Å². The molecule has 1 aromatic carbocycles. The predicted molar refractivity (Wildman–Crippen MR) is 133 cm³/mol. The molecule has 38 heavy (non-hydrogen) atoms. The van der Waals surface area contributed by atoms with Crippen molar-refractivity contribution in [1.29, 1.82) is 0 Å². The lowest BCUT2D eigenvalue weighted by Gasteiger charge is -2.55. The van der Waals surface area contributed by atoms with Gasteiger partial charge < -0.3 is 19.5 Å². The van der Waals surface area contributed by atoms with Crippen LogP contribution in [0.5, 0.6) is 5.75 Å². The lowest BCUT2D eigenvalue weighted by atomic mass is 9.78. The Kier molecular flexibility index (Phi) is 10.5. The molecule has 1 spiro atoms. The minimum atomic E-state index is -2.71. The normalized spacial score (nSPS) is 21.5. The fourth-order valence-corrected chi connectivity index (χ4v) is 4.43. The van der Waals surface area contributed by atoms with Crippen LogP contribution in [0.15, 0.2) is 24.4 Å². The zero-order valence-corrected chi connectivity index (χ0v) is 22.2. The lowest BCUT2D eigenvalue weighted by Crippen LogP contribution is -2.66. The highest BCUT2D eigenvalue weighted by molar-refractivity contribution is 5.94. The Morgan fingerprint density at radius 2 is 1.95 bits per heavy atom. The summed E-state index contributed by atoms with van der Waals surface area (Å²) in [5.74, 6) is -2.11. The Hall–Kier alpha value is -2.70. The summed E-state index contributed by atoms with van der Waals surface area (Å²) in [6.07, 6.45) is 2.15. The topological polar surface area (TPSA) is 77.9 Å². The zero-order valence-electron chi connectivity index (χ0n) is 22.2. The van der Waals surface area contributed by atoms with Gasteiger partial charge in [0.2, 0.25) is 5.82 Å². The van der Waals surface area contributed by atoms with Crippen LogP contribution in [0, 0.1) is 24.0 Å². The molecule has 8 nitrogen and oxygen atoms in total. The number of amides is 1. The highest BCUT2D eigenvalue weighted by Gasteiger charge is 2.48. The van der Waals surface area contributed by atoms with E-state index in [-0.39, 0.29) is 17.8 Å². The number of likely N-dealkylation sites (tertiary alicyclic amines) is 1. The van der Waals surface area contributed by atoms with Crippen molar-refractivity contribution in [3.63, 3.8) is 0 Å². The number of hydrogen-bond donors (Lipinski definition) is 1. The number of alkyl halides is 2. The second-order valence-electron chi connectivity index (χ2n) is 9.49. The van der Waals surface area contributed by atoms with Crippen molar-refractivity contribution in [3.05, 3.63) is 41.7 Å². The van der Waals surface area contributed by atoms with Crippen molar-refractivity contribution in [3.8, 4) is 5.75 Å². The molecule has 1 N–H and O–H groups in total. The number of nitrogens with one attached hydrogen (secondary N) is 1. The van der Waals surface area contributed by atoms with E-state index in [4.69, 9.17) is 14.2 Å². The highest BCUT2D eigenvalue weighted by Crippen LogP contribution is 2.37. The molecule has 3 aliphatic heterocycles. The smallest absolute Gasteiger partial charge is 0.333 e. The molecule has 2 atom stereocenters. The molecule has 3 saturated heterocycles. The van der Waals surface area contributed by atoms with Crippen molar-refractivity contribution in [1.82, 2.24) is 14.7 Å². The molecule has 0 bridgehead atoms. The molecule has 212 valence electrons. The van der Waals surface area contributed by atoms with Gasteiger partial charge in [-0.2, -0.15) is 18.3 Å². The van der Waals surface area contributed by atoms with Crippen LogP contribution in [-0.4, -0.2) is 72.3 Å². The van der Waals surface area contributed by atoms with Crippen molar-refractivity contribution in [2.45, 2.75) is 59.3 Å². The molecule has 2 aromatic rings. The Labute approximate surface area is 220 Å². The number of aromatic nitrogens is 2. The van der Waals surface area contributed by atoms with Crippen LogP contribution < -0.4 is 10.1 Å². The maximum atomic E-state index is 13.3. The third-order valence-electron chi connectivity index (χ3n) is 6.41. The first-order chi connectivity index (χ1) is 18.2. The maximum Gasteiger partial charge on any atom is 0.333 e. The van der Waals surface area contributed by atoms with Crippen molar-refractivity contribution >= 4 is 11.6 Å². The van der Waals surface area contributed by atoms with Crippen LogP contribution in [-0.2, 0) is 14.3 Å². The van der Waals surface area contributed by atoms with E-state index in [1.807, 2.05) is 20.8 Å². The summed E-state index contributed by atoms with van der Waals surface area (Å²) in [6.45, 7) is 9.59. The van der Waals surface area contributed by atoms with Gasteiger partial charge in [0.1, 0.15) is 12.7 Å². The van der Waals surface area contributed by atoms with Gasteiger partial charge in [-0.3, -0.25) is 9.69 Å². The molecule has 0 saturated carbocycles. The Balaban J connectivity index is 0.000000198. The number of hydrogen-bond acceptors (Lipinski definition) is 6. The van der Waals surface area contributed by atoms with Gasteiger partial charge in [-0.05, 0) is 38.8 Å². The fourth-order valence-electron chi connectivity index (χ4n) is 4.43. The van der Waals surface area contributed by atoms with Gasteiger partial charge in [-0.25, -0.2) is 9.07 Å². The standard InChI is InChI=1S/C13H15F2NO2.C11H15F2N3O2.C2H6/c14-10-2-1-3-11(12(10)15)18-5-4-16-6-13(7-16)8-17-9-13;1-6-3-4-9(18-6)10(17)14-8-5-16(11(12)13)15-7(8)2;1-2/h1-3H,4-9H2;5-6,9,11H,3-4H2,1-2H3,(H,14,17);1-2H3. The first kappa shape index (κ1) is 29.9. The van der Waals surface area contributed by atoms with E-state index >= 15 is 0 Å². The molecule has 1 aromatic heterocycles. The number of benzene rings is 1. The SMILES string of the molecule is CC.Cc1nn(C(F)F)cc1NC(=O)C1CCC(C)O1.Fc1cccc(OCCN2CC3(COC3)C2)c1F. The van der Waals surface area contributed by atoms with Crippen LogP contribution in [0.1, 0.15) is 45.9 Å². The third kappa shape index (κ3) is 7.45. The molecule has 1 amide bonds. The van der Waals surface area contributed by atoms with Crippen LogP contribution >= 0.6 is 0 Å². The number of halogens is 4. The summed E-state index contributed by atoms with van der Waals surface area (Å²) in [6, 6.07) is 3.96. The first-order valence-corrected chi connectivity index (χ1v) is 12.8. The van der Waals surface area contributed by atoms with Crippen LogP contribution in [0.25, 0.3) is 0 Å². The van der Waals surface area contributed by atoms with Gasteiger partial charge in [0, 0.05) is 25.0 Å². The molecule has 0 radical (unpaired) electrons. The number of nitrogens with zero attached hydrogens (tertiary/aromatic N) is 3. The molecule has 12 heteroatoms. The number of rotatable bonds is 7. The average Bonchev–Trinajstić information content (AvgIpc) is 3.44. The number of carbonyl (C=O) groups is 1. The Morgan fingerprint density at radius 1 is 1.24 bits per heavy atom. The van der Waals surface area contributed by atoms with Gasteiger partial charge in [0.25, 0.3) is 5.91 Å². The molecule has 5 rings (SSSR count). The second-order valence-corrected chi connectivity index (χ2v) is 9.49. The molecule has 3 aliphatic rings. The van der Waals surface area contributed by atoms with Gasteiger partial charge in [0.05, 0.1) is 36.9 Å². The summed E-state index contributed by atoms with van der Waals surface area (Å²) < 4.78 is 67.4. The number of ether oxygens (including phenoxy) is 3. The monoisotopic (exact) mass is 544 g/mol. The molecule has 4 heterocycles. The van der Waals surface area contributed by atoms with E-state index in [1.54, 1.807) is 6.92 Å². The maximum absolute atomic E-state index is 13.3. The van der Waals surface area contributed by atoms with Crippen LogP contribution in [0.3, 0.4) is 0 Å². The molecule has 3 fully saturated rings. The number of aryl methyl sites for hydroxylation is 1. The van der Waals surface area contributed by atoms with Crippen molar-refractivity contribution < 1.29 is 36.6 Å². The fraction of sp³-hybridized carbons (Fsp3) is 0.615.